The molecular weight excluding hydrogens is 250 g/mol. The summed E-state index contributed by atoms with van der Waals surface area (Å²) in [6.45, 7) is 5.50. The van der Waals surface area contributed by atoms with Crippen LogP contribution in [0.2, 0.25) is 0 Å². The molecule has 3 nitrogen and oxygen atoms in total. The summed E-state index contributed by atoms with van der Waals surface area (Å²) in [5.74, 6) is -1.07. The number of hydrogen-bond donors (Lipinski definition) is 1. The Hall–Kier alpha value is -1.51. The van der Waals surface area contributed by atoms with Crippen LogP contribution >= 0.6 is 0 Å². The summed E-state index contributed by atoms with van der Waals surface area (Å²) in [4.78, 5) is 13.3. The smallest absolute Gasteiger partial charge is 0.308 e. The summed E-state index contributed by atoms with van der Waals surface area (Å²) in [6.07, 6.45) is 6.16. The monoisotopic (exact) mass is 277 g/mol. The number of carboxylic acids is 1. The Morgan fingerprint density at radius 1 is 1.15 bits per heavy atom. The Labute approximate surface area is 122 Å². The average Bonchev–Trinajstić information content (AvgIpc) is 2.46. The fraction of sp³-hybridized carbons (Fsp3) is 0.588. The van der Waals surface area contributed by atoms with Crippen molar-refractivity contribution in [3.63, 3.8) is 0 Å². The lowest BCUT2D eigenvalue weighted by Gasteiger charge is -2.26. The molecule has 1 aromatic carbocycles. The van der Waals surface area contributed by atoms with E-state index in [1.54, 1.807) is 6.92 Å². The molecule has 0 fully saturated rings. The second-order valence-corrected chi connectivity index (χ2v) is 5.44. The third-order valence-electron chi connectivity index (χ3n) is 3.57. The van der Waals surface area contributed by atoms with Crippen LogP contribution in [0.4, 0.5) is 5.69 Å². The van der Waals surface area contributed by atoms with Gasteiger partial charge in [0, 0.05) is 18.8 Å². The minimum absolute atomic E-state index is 0.342. The van der Waals surface area contributed by atoms with Gasteiger partial charge in [-0.05, 0) is 18.6 Å². The first-order chi connectivity index (χ1) is 9.65. The van der Waals surface area contributed by atoms with Crippen molar-refractivity contribution in [2.24, 2.45) is 5.92 Å². The van der Waals surface area contributed by atoms with E-state index in [0.717, 1.165) is 18.7 Å². The topological polar surface area (TPSA) is 40.5 Å². The molecule has 1 unspecified atom stereocenters. The fourth-order valence-electron chi connectivity index (χ4n) is 2.28. The zero-order valence-electron chi connectivity index (χ0n) is 12.7. The summed E-state index contributed by atoms with van der Waals surface area (Å²) in [5.41, 5.74) is 1.12. The predicted molar refractivity (Wildman–Crippen MR) is 84.2 cm³/mol. The van der Waals surface area contributed by atoms with Crippen molar-refractivity contribution in [3.05, 3.63) is 30.3 Å². The van der Waals surface area contributed by atoms with E-state index >= 15 is 0 Å². The molecule has 1 aromatic rings. The van der Waals surface area contributed by atoms with Gasteiger partial charge in [0.25, 0.3) is 0 Å². The minimum atomic E-state index is -0.725. The lowest BCUT2D eigenvalue weighted by atomic mass is 10.1. The molecule has 0 aromatic heterocycles. The first kappa shape index (κ1) is 16.5. The van der Waals surface area contributed by atoms with Crippen LogP contribution in [0.5, 0.6) is 0 Å². The maximum absolute atomic E-state index is 11.1. The molecule has 0 aliphatic carbocycles. The molecule has 0 saturated carbocycles. The van der Waals surface area contributed by atoms with Crippen molar-refractivity contribution in [1.29, 1.82) is 0 Å². The molecule has 0 aliphatic rings. The molecule has 0 spiro atoms. The SMILES string of the molecule is CCCCCCCN(CC(C)C(=O)O)c1ccccc1. The zero-order chi connectivity index (χ0) is 14.8. The molecule has 0 heterocycles. The van der Waals surface area contributed by atoms with Crippen LogP contribution in [0.25, 0.3) is 0 Å². The standard InChI is InChI=1S/C17H27NO2/c1-3-4-5-6-10-13-18(14-15(2)17(19)20)16-11-8-7-9-12-16/h7-9,11-12,15H,3-6,10,13-14H2,1-2H3,(H,19,20). The van der Waals surface area contributed by atoms with Crippen LogP contribution in [0.15, 0.2) is 30.3 Å². The molecule has 0 saturated heterocycles. The van der Waals surface area contributed by atoms with Gasteiger partial charge in [-0.2, -0.15) is 0 Å². The maximum Gasteiger partial charge on any atom is 0.308 e. The van der Waals surface area contributed by atoms with Crippen molar-refractivity contribution in [2.45, 2.75) is 46.0 Å². The highest BCUT2D eigenvalue weighted by Crippen LogP contribution is 2.17. The number of carboxylic acid groups (broad SMARTS) is 1. The largest absolute Gasteiger partial charge is 0.481 e. The van der Waals surface area contributed by atoms with E-state index in [1.807, 2.05) is 18.2 Å². The number of hydrogen-bond acceptors (Lipinski definition) is 2. The van der Waals surface area contributed by atoms with Crippen molar-refractivity contribution in [2.75, 3.05) is 18.0 Å². The Balaban J connectivity index is 2.53. The van der Waals surface area contributed by atoms with Crippen molar-refractivity contribution in [3.8, 4) is 0 Å². The number of carbonyl (C=O) groups is 1. The van der Waals surface area contributed by atoms with E-state index in [0.29, 0.717) is 6.54 Å². The third kappa shape index (κ3) is 6.09. The van der Waals surface area contributed by atoms with Gasteiger partial charge in [-0.25, -0.2) is 0 Å². The second-order valence-electron chi connectivity index (χ2n) is 5.44. The van der Waals surface area contributed by atoms with Crippen LogP contribution in [-0.4, -0.2) is 24.2 Å². The highest BCUT2D eigenvalue weighted by molar-refractivity contribution is 5.70. The van der Waals surface area contributed by atoms with E-state index in [2.05, 4.69) is 24.0 Å². The summed E-state index contributed by atoms with van der Waals surface area (Å²) in [6, 6.07) is 10.1. The maximum atomic E-state index is 11.1. The van der Waals surface area contributed by atoms with Gasteiger partial charge in [0.1, 0.15) is 0 Å². The lowest BCUT2D eigenvalue weighted by molar-refractivity contribution is -0.140. The average molecular weight is 277 g/mol. The predicted octanol–water partition coefficient (Wildman–Crippen LogP) is 4.18. The van der Waals surface area contributed by atoms with Gasteiger partial charge in [-0.15, -0.1) is 0 Å². The van der Waals surface area contributed by atoms with Gasteiger partial charge in [-0.1, -0.05) is 57.7 Å². The summed E-state index contributed by atoms with van der Waals surface area (Å²) < 4.78 is 0. The Bertz CT molecular complexity index is 378. The number of anilines is 1. The van der Waals surface area contributed by atoms with E-state index in [-0.39, 0.29) is 5.92 Å². The molecule has 0 radical (unpaired) electrons. The van der Waals surface area contributed by atoms with E-state index in [9.17, 15) is 4.79 Å². The molecule has 20 heavy (non-hydrogen) atoms. The van der Waals surface area contributed by atoms with Crippen LogP contribution < -0.4 is 4.90 Å². The molecule has 1 rings (SSSR count). The Morgan fingerprint density at radius 2 is 1.80 bits per heavy atom. The summed E-state index contributed by atoms with van der Waals surface area (Å²) >= 11 is 0. The third-order valence-corrected chi connectivity index (χ3v) is 3.57. The van der Waals surface area contributed by atoms with Gasteiger partial charge < -0.3 is 10.0 Å². The second kappa shape index (κ2) is 9.40. The molecule has 3 heteroatoms. The molecular formula is C17H27NO2. The van der Waals surface area contributed by atoms with Crippen molar-refractivity contribution >= 4 is 11.7 Å². The van der Waals surface area contributed by atoms with Gasteiger partial charge in [0.15, 0.2) is 0 Å². The first-order valence-corrected chi connectivity index (χ1v) is 7.68. The normalized spacial score (nSPS) is 12.1. The molecule has 112 valence electrons. The number of para-hydroxylation sites is 1. The minimum Gasteiger partial charge on any atom is -0.481 e. The van der Waals surface area contributed by atoms with E-state index in [4.69, 9.17) is 5.11 Å². The number of benzene rings is 1. The fourth-order valence-corrected chi connectivity index (χ4v) is 2.28. The first-order valence-electron chi connectivity index (χ1n) is 7.68. The summed E-state index contributed by atoms with van der Waals surface area (Å²) in [5, 5.41) is 9.09. The molecule has 1 atom stereocenters. The van der Waals surface area contributed by atoms with Crippen molar-refractivity contribution in [1.82, 2.24) is 0 Å². The Morgan fingerprint density at radius 3 is 2.40 bits per heavy atom. The number of rotatable bonds is 10. The molecule has 0 bridgehead atoms. The van der Waals surface area contributed by atoms with Gasteiger partial charge >= 0.3 is 5.97 Å². The van der Waals surface area contributed by atoms with E-state index in [1.165, 1.54) is 25.7 Å². The zero-order valence-corrected chi connectivity index (χ0v) is 12.7. The van der Waals surface area contributed by atoms with Crippen LogP contribution in [0, 0.1) is 5.92 Å². The van der Waals surface area contributed by atoms with Gasteiger partial charge in [-0.3, -0.25) is 4.79 Å². The van der Waals surface area contributed by atoms with Crippen LogP contribution in [0.1, 0.15) is 46.0 Å². The quantitative estimate of drug-likeness (QED) is 0.652. The summed E-state index contributed by atoms with van der Waals surface area (Å²) in [7, 11) is 0. The highest BCUT2D eigenvalue weighted by atomic mass is 16.4. The van der Waals surface area contributed by atoms with Crippen molar-refractivity contribution < 1.29 is 9.90 Å². The van der Waals surface area contributed by atoms with E-state index < -0.39 is 5.97 Å². The molecule has 1 N–H and O–H groups in total. The van der Waals surface area contributed by atoms with Gasteiger partial charge in [0.2, 0.25) is 0 Å². The number of nitrogens with zero attached hydrogens (tertiary/aromatic N) is 1. The number of aliphatic carboxylic acids is 1. The lowest BCUT2D eigenvalue weighted by Crippen LogP contribution is -2.32. The molecule has 0 amide bonds. The Kier molecular flexibility index (Phi) is 7.78. The molecule has 0 aliphatic heterocycles. The van der Waals surface area contributed by atoms with Gasteiger partial charge in [0.05, 0.1) is 5.92 Å². The highest BCUT2D eigenvalue weighted by Gasteiger charge is 2.16. The van der Waals surface area contributed by atoms with Crippen LogP contribution in [0.3, 0.4) is 0 Å². The number of unbranched alkanes of at least 4 members (excludes halogenated alkanes) is 4. The van der Waals surface area contributed by atoms with Crippen LogP contribution in [-0.2, 0) is 4.79 Å².